The second-order valence-corrected chi connectivity index (χ2v) is 7.55. The van der Waals surface area contributed by atoms with Crippen LogP contribution in [0, 0.1) is 0 Å². The lowest BCUT2D eigenvalue weighted by Crippen LogP contribution is -2.20. The van der Waals surface area contributed by atoms with E-state index < -0.39 is 35.2 Å². The number of hydrogen-bond donors (Lipinski definition) is 2. The summed E-state index contributed by atoms with van der Waals surface area (Å²) in [5.74, 6) is 0. The normalized spacial score (nSPS) is 12.2. The average molecular weight is 470 g/mol. The van der Waals surface area contributed by atoms with Crippen molar-refractivity contribution >= 4 is 33.7 Å². The third kappa shape index (κ3) is 4.69. The van der Waals surface area contributed by atoms with Crippen molar-refractivity contribution < 1.29 is 31.1 Å². The Hall–Kier alpha value is -3.54. The van der Waals surface area contributed by atoms with Crippen molar-refractivity contribution in [2.24, 2.45) is 0 Å². The molecule has 0 aliphatic rings. The standard InChI is InChI=1S/C20H12F6N4OS/c21-19(22,23)12-7-13(20(24,25)26)9-15(8-12)28-17(31)27-14-3-1-2-11(6-14)16-10-30-4-5-32-18(30)29-16/h1-10H,(H2,27,28,31). The van der Waals surface area contributed by atoms with Gasteiger partial charge in [-0.2, -0.15) is 26.3 Å². The molecule has 0 spiro atoms. The van der Waals surface area contributed by atoms with Crippen molar-refractivity contribution in [2.45, 2.75) is 12.4 Å². The highest BCUT2D eigenvalue weighted by atomic mass is 32.1. The van der Waals surface area contributed by atoms with Crippen molar-refractivity contribution in [1.82, 2.24) is 9.38 Å². The zero-order chi connectivity index (χ0) is 23.1. The number of alkyl halides is 6. The summed E-state index contributed by atoms with van der Waals surface area (Å²) in [7, 11) is 0. The van der Waals surface area contributed by atoms with Gasteiger partial charge >= 0.3 is 18.4 Å². The highest BCUT2D eigenvalue weighted by Gasteiger charge is 2.37. The molecule has 0 saturated carbocycles. The van der Waals surface area contributed by atoms with Gasteiger partial charge in [-0.25, -0.2) is 9.78 Å². The fourth-order valence-corrected chi connectivity index (χ4v) is 3.64. The van der Waals surface area contributed by atoms with Gasteiger partial charge in [0.1, 0.15) is 0 Å². The van der Waals surface area contributed by atoms with Crippen molar-refractivity contribution in [3.8, 4) is 11.3 Å². The molecule has 2 heterocycles. The van der Waals surface area contributed by atoms with E-state index in [1.165, 1.54) is 17.4 Å². The Morgan fingerprint density at radius 3 is 2.19 bits per heavy atom. The molecule has 32 heavy (non-hydrogen) atoms. The number of carbonyl (C=O) groups is 1. The maximum Gasteiger partial charge on any atom is 0.416 e. The average Bonchev–Trinajstić information content (AvgIpc) is 3.28. The Labute approximate surface area is 180 Å². The number of nitrogens with zero attached hydrogens (tertiary/aromatic N) is 2. The van der Waals surface area contributed by atoms with Gasteiger partial charge < -0.3 is 10.6 Å². The van der Waals surface area contributed by atoms with E-state index in [1.807, 2.05) is 21.3 Å². The number of thiazole rings is 1. The summed E-state index contributed by atoms with van der Waals surface area (Å²) in [5, 5.41) is 6.29. The zero-order valence-electron chi connectivity index (χ0n) is 15.8. The molecule has 0 saturated heterocycles. The molecule has 0 aliphatic heterocycles. The minimum absolute atomic E-state index is 0.0116. The van der Waals surface area contributed by atoms with E-state index in [1.54, 1.807) is 24.4 Å². The van der Waals surface area contributed by atoms with Gasteiger partial charge in [0, 0.05) is 34.7 Å². The monoisotopic (exact) mass is 470 g/mol. The van der Waals surface area contributed by atoms with Crippen LogP contribution in [0.3, 0.4) is 0 Å². The van der Waals surface area contributed by atoms with Crippen LogP contribution in [0.1, 0.15) is 11.1 Å². The quantitative estimate of drug-likeness (QED) is 0.326. The minimum Gasteiger partial charge on any atom is -0.308 e. The van der Waals surface area contributed by atoms with Crippen LogP contribution in [0.15, 0.2) is 60.2 Å². The number of benzene rings is 2. The topological polar surface area (TPSA) is 58.4 Å². The predicted molar refractivity (Wildman–Crippen MR) is 108 cm³/mol. The smallest absolute Gasteiger partial charge is 0.308 e. The fraction of sp³-hybridized carbons (Fsp3) is 0.100. The second-order valence-electron chi connectivity index (χ2n) is 6.67. The van der Waals surface area contributed by atoms with Crippen molar-refractivity contribution in [2.75, 3.05) is 10.6 Å². The molecule has 2 aromatic carbocycles. The summed E-state index contributed by atoms with van der Waals surface area (Å²) in [6.07, 6.45) is -6.41. The van der Waals surface area contributed by atoms with E-state index in [9.17, 15) is 31.1 Å². The summed E-state index contributed by atoms with van der Waals surface area (Å²) < 4.78 is 79.7. The molecule has 0 bridgehead atoms. The van der Waals surface area contributed by atoms with Gasteiger partial charge in [0.2, 0.25) is 0 Å². The number of amides is 2. The second kappa shape index (κ2) is 7.86. The number of rotatable bonds is 3. The summed E-state index contributed by atoms with van der Waals surface area (Å²) in [6.45, 7) is 0. The lowest BCUT2D eigenvalue weighted by molar-refractivity contribution is -0.143. The number of imidazole rings is 1. The number of nitrogens with one attached hydrogen (secondary N) is 2. The molecule has 0 fully saturated rings. The number of urea groups is 1. The summed E-state index contributed by atoms with van der Waals surface area (Å²) in [4.78, 5) is 17.4. The third-order valence-electron chi connectivity index (χ3n) is 4.35. The first-order valence-electron chi connectivity index (χ1n) is 8.89. The zero-order valence-corrected chi connectivity index (χ0v) is 16.6. The Morgan fingerprint density at radius 2 is 1.56 bits per heavy atom. The summed E-state index contributed by atoms with van der Waals surface area (Å²) in [5.41, 5.74) is -2.12. The highest BCUT2D eigenvalue weighted by Crippen LogP contribution is 2.37. The van der Waals surface area contributed by atoms with Crippen LogP contribution in [0.5, 0.6) is 0 Å². The van der Waals surface area contributed by atoms with Crippen LogP contribution in [0.25, 0.3) is 16.2 Å². The molecule has 5 nitrogen and oxygen atoms in total. The SMILES string of the molecule is O=C(Nc1cccc(-c2cn3ccsc3n2)c1)Nc1cc(C(F)(F)F)cc(C(F)(F)F)c1. The van der Waals surface area contributed by atoms with Gasteiger partial charge in [-0.1, -0.05) is 12.1 Å². The number of fused-ring (bicyclic) bond motifs is 1. The van der Waals surface area contributed by atoms with E-state index in [0.717, 1.165) is 4.96 Å². The lowest BCUT2D eigenvalue weighted by Gasteiger charge is -2.15. The first-order chi connectivity index (χ1) is 15.0. The van der Waals surface area contributed by atoms with Crippen LogP contribution in [-0.2, 0) is 12.4 Å². The Kier molecular flexibility index (Phi) is 5.33. The molecular formula is C20H12F6N4OS. The van der Waals surface area contributed by atoms with Crippen LogP contribution in [0.4, 0.5) is 42.5 Å². The summed E-state index contributed by atoms with van der Waals surface area (Å²) in [6, 6.07) is 6.34. The molecule has 166 valence electrons. The predicted octanol–water partition coefficient (Wildman–Crippen LogP) is 6.74. The molecule has 2 aromatic heterocycles. The third-order valence-corrected chi connectivity index (χ3v) is 5.13. The Bertz CT molecular complexity index is 1230. The number of carbonyl (C=O) groups excluding carboxylic acids is 1. The number of halogens is 6. The molecular weight excluding hydrogens is 458 g/mol. The van der Waals surface area contributed by atoms with E-state index in [-0.39, 0.29) is 11.8 Å². The Morgan fingerprint density at radius 1 is 0.906 bits per heavy atom. The lowest BCUT2D eigenvalue weighted by atomic mass is 10.1. The molecule has 2 amide bonds. The van der Waals surface area contributed by atoms with Crippen molar-refractivity contribution in [1.29, 1.82) is 0 Å². The maximum atomic E-state index is 13.0. The maximum absolute atomic E-state index is 13.0. The van der Waals surface area contributed by atoms with Gasteiger partial charge in [0.25, 0.3) is 0 Å². The first-order valence-corrected chi connectivity index (χ1v) is 9.77. The molecule has 0 unspecified atom stereocenters. The molecule has 4 rings (SSSR count). The number of anilines is 2. The Balaban J connectivity index is 1.54. The van der Waals surface area contributed by atoms with Crippen LogP contribution < -0.4 is 10.6 Å². The summed E-state index contributed by atoms with van der Waals surface area (Å²) >= 11 is 1.44. The van der Waals surface area contributed by atoms with Crippen LogP contribution in [0.2, 0.25) is 0 Å². The molecule has 12 heteroatoms. The molecule has 4 aromatic rings. The van der Waals surface area contributed by atoms with Gasteiger partial charge in [0.05, 0.1) is 16.8 Å². The van der Waals surface area contributed by atoms with E-state index in [4.69, 9.17) is 0 Å². The first kappa shape index (κ1) is 21.7. The fourth-order valence-electron chi connectivity index (χ4n) is 2.94. The number of aromatic nitrogens is 2. The molecule has 0 aliphatic carbocycles. The van der Waals surface area contributed by atoms with Crippen molar-refractivity contribution in [3.63, 3.8) is 0 Å². The molecule has 2 N–H and O–H groups in total. The van der Waals surface area contributed by atoms with E-state index in [2.05, 4.69) is 10.3 Å². The number of hydrogen-bond acceptors (Lipinski definition) is 3. The molecule has 0 atom stereocenters. The van der Waals surface area contributed by atoms with Crippen molar-refractivity contribution in [3.05, 3.63) is 71.4 Å². The van der Waals surface area contributed by atoms with Gasteiger partial charge in [-0.3, -0.25) is 4.40 Å². The van der Waals surface area contributed by atoms with Gasteiger partial charge in [0.15, 0.2) is 4.96 Å². The highest BCUT2D eigenvalue weighted by molar-refractivity contribution is 7.15. The van der Waals surface area contributed by atoms with E-state index in [0.29, 0.717) is 23.4 Å². The van der Waals surface area contributed by atoms with Crippen LogP contribution >= 0.6 is 11.3 Å². The molecule has 0 radical (unpaired) electrons. The van der Waals surface area contributed by atoms with Gasteiger partial charge in [-0.05, 0) is 30.3 Å². The minimum atomic E-state index is -5.01. The van der Waals surface area contributed by atoms with E-state index >= 15 is 0 Å². The van der Waals surface area contributed by atoms with Crippen LogP contribution in [-0.4, -0.2) is 15.4 Å². The van der Waals surface area contributed by atoms with Gasteiger partial charge in [-0.15, -0.1) is 11.3 Å². The largest absolute Gasteiger partial charge is 0.416 e.